The van der Waals surface area contributed by atoms with Crippen LogP contribution in [0.25, 0.3) is 0 Å². The summed E-state index contributed by atoms with van der Waals surface area (Å²) < 4.78 is 42.6. The molecule has 1 fully saturated rings. The SMILES string of the molecule is CCc1oc(C2CNC2)nc1C(F)(F)F. The summed E-state index contributed by atoms with van der Waals surface area (Å²) in [6.07, 6.45) is -4.20. The van der Waals surface area contributed by atoms with E-state index in [9.17, 15) is 13.2 Å². The molecule has 0 saturated carbocycles. The van der Waals surface area contributed by atoms with Gasteiger partial charge in [-0.05, 0) is 0 Å². The molecule has 1 aliphatic rings. The Balaban J connectivity index is 2.32. The molecule has 0 atom stereocenters. The van der Waals surface area contributed by atoms with Crippen molar-refractivity contribution in [1.29, 1.82) is 0 Å². The fourth-order valence-corrected chi connectivity index (χ4v) is 1.47. The highest BCUT2D eigenvalue weighted by molar-refractivity contribution is 5.16. The van der Waals surface area contributed by atoms with Crippen LogP contribution >= 0.6 is 0 Å². The molecular formula is C9H11F3N2O. The van der Waals surface area contributed by atoms with Gasteiger partial charge < -0.3 is 9.73 Å². The van der Waals surface area contributed by atoms with Gasteiger partial charge in [0.1, 0.15) is 5.76 Å². The number of halogens is 3. The monoisotopic (exact) mass is 220 g/mol. The molecule has 6 heteroatoms. The average molecular weight is 220 g/mol. The van der Waals surface area contributed by atoms with E-state index in [1.807, 2.05) is 0 Å². The summed E-state index contributed by atoms with van der Waals surface area (Å²) in [7, 11) is 0. The molecule has 0 unspecified atom stereocenters. The zero-order chi connectivity index (χ0) is 11.1. The third-order valence-corrected chi connectivity index (χ3v) is 2.43. The zero-order valence-electron chi connectivity index (χ0n) is 8.19. The van der Waals surface area contributed by atoms with Crippen LogP contribution < -0.4 is 5.32 Å². The number of aromatic nitrogens is 1. The van der Waals surface area contributed by atoms with Gasteiger partial charge in [-0.2, -0.15) is 13.2 Å². The number of aryl methyl sites for hydroxylation is 1. The molecule has 0 aliphatic carbocycles. The highest BCUT2D eigenvalue weighted by Gasteiger charge is 2.39. The first kappa shape index (κ1) is 10.5. The normalized spacial score (nSPS) is 17.9. The van der Waals surface area contributed by atoms with Crippen molar-refractivity contribution in [3.05, 3.63) is 17.3 Å². The van der Waals surface area contributed by atoms with Crippen LogP contribution in [-0.4, -0.2) is 18.1 Å². The molecule has 0 radical (unpaired) electrons. The number of nitrogens with one attached hydrogen (secondary N) is 1. The summed E-state index contributed by atoms with van der Waals surface area (Å²) in [5.74, 6) is 0.133. The Bertz CT molecular complexity index is 355. The minimum Gasteiger partial charge on any atom is -0.445 e. The average Bonchev–Trinajstić information content (AvgIpc) is 2.44. The van der Waals surface area contributed by atoms with E-state index in [-0.39, 0.29) is 24.0 Å². The van der Waals surface area contributed by atoms with Crippen LogP contribution in [0.3, 0.4) is 0 Å². The molecule has 1 saturated heterocycles. The molecule has 0 bridgehead atoms. The minimum absolute atomic E-state index is 0.00796. The van der Waals surface area contributed by atoms with Gasteiger partial charge in [0.15, 0.2) is 5.69 Å². The van der Waals surface area contributed by atoms with E-state index in [1.54, 1.807) is 6.92 Å². The molecule has 15 heavy (non-hydrogen) atoms. The van der Waals surface area contributed by atoms with E-state index in [4.69, 9.17) is 4.42 Å². The van der Waals surface area contributed by atoms with Crippen LogP contribution in [0.1, 0.15) is 30.2 Å². The van der Waals surface area contributed by atoms with Crippen molar-refractivity contribution >= 4 is 0 Å². The van der Waals surface area contributed by atoms with Gasteiger partial charge in [0.25, 0.3) is 0 Å². The van der Waals surface area contributed by atoms with Crippen LogP contribution in [0, 0.1) is 0 Å². The van der Waals surface area contributed by atoms with E-state index < -0.39 is 11.9 Å². The number of alkyl halides is 3. The second-order valence-electron chi connectivity index (χ2n) is 3.53. The molecule has 2 rings (SSSR count). The fraction of sp³-hybridized carbons (Fsp3) is 0.667. The van der Waals surface area contributed by atoms with E-state index in [0.717, 1.165) is 0 Å². The maximum atomic E-state index is 12.5. The highest BCUT2D eigenvalue weighted by atomic mass is 19.4. The Morgan fingerprint density at radius 3 is 2.47 bits per heavy atom. The number of oxazole rings is 1. The molecule has 0 amide bonds. The molecule has 84 valence electrons. The Morgan fingerprint density at radius 2 is 2.13 bits per heavy atom. The van der Waals surface area contributed by atoms with Gasteiger partial charge in [0.05, 0.1) is 5.92 Å². The summed E-state index contributed by atoms with van der Waals surface area (Å²) >= 11 is 0. The summed E-state index contributed by atoms with van der Waals surface area (Å²) in [5.41, 5.74) is -0.869. The summed E-state index contributed by atoms with van der Waals surface area (Å²) in [4.78, 5) is 3.54. The summed E-state index contributed by atoms with van der Waals surface area (Å²) in [5, 5.41) is 2.96. The molecule has 1 aliphatic heterocycles. The van der Waals surface area contributed by atoms with Gasteiger partial charge >= 0.3 is 6.18 Å². The van der Waals surface area contributed by atoms with Crippen molar-refractivity contribution in [1.82, 2.24) is 10.3 Å². The summed E-state index contributed by atoms with van der Waals surface area (Å²) in [6, 6.07) is 0. The smallest absolute Gasteiger partial charge is 0.436 e. The molecule has 3 nitrogen and oxygen atoms in total. The Morgan fingerprint density at radius 1 is 1.47 bits per heavy atom. The van der Waals surface area contributed by atoms with Gasteiger partial charge in [-0.25, -0.2) is 4.98 Å². The Labute approximate surface area is 84.7 Å². The first-order valence-corrected chi connectivity index (χ1v) is 4.80. The Hall–Kier alpha value is -1.04. The van der Waals surface area contributed by atoms with Crippen molar-refractivity contribution in [2.24, 2.45) is 0 Å². The van der Waals surface area contributed by atoms with Gasteiger partial charge in [0.2, 0.25) is 5.89 Å². The molecule has 1 aromatic rings. The van der Waals surface area contributed by atoms with Crippen LogP contribution in [0.4, 0.5) is 13.2 Å². The molecule has 1 aromatic heterocycles. The van der Waals surface area contributed by atoms with Gasteiger partial charge in [-0.15, -0.1) is 0 Å². The molecule has 1 N–H and O–H groups in total. The number of hydrogen-bond acceptors (Lipinski definition) is 3. The standard InChI is InChI=1S/C9H11F3N2O/c1-2-6-7(9(10,11)12)14-8(15-6)5-3-13-4-5/h5,13H,2-4H2,1H3. The second kappa shape index (κ2) is 3.52. The van der Waals surface area contributed by atoms with E-state index >= 15 is 0 Å². The van der Waals surface area contributed by atoms with Crippen molar-refractivity contribution in [2.45, 2.75) is 25.4 Å². The first-order valence-electron chi connectivity index (χ1n) is 4.80. The quantitative estimate of drug-likeness (QED) is 0.827. The predicted molar refractivity (Wildman–Crippen MR) is 46.5 cm³/mol. The fourth-order valence-electron chi connectivity index (χ4n) is 1.47. The van der Waals surface area contributed by atoms with Gasteiger partial charge in [-0.1, -0.05) is 6.92 Å². The van der Waals surface area contributed by atoms with E-state index in [1.165, 1.54) is 0 Å². The lowest BCUT2D eigenvalue weighted by atomic mass is 10.0. The number of nitrogens with zero attached hydrogens (tertiary/aromatic N) is 1. The van der Waals surface area contributed by atoms with Gasteiger partial charge in [0, 0.05) is 19.5 Å². The lowest BCUT2D eigenvalue weighted by Gasteiger charge is -2.23. The van der Waals surface area contributed by atoms with Crippen LogP contribution in [0.2, 0.25) is 0 Å². The van der Waals surface area contributed by atoms with Crippen molar-refractivity contribution < 1.29 is 17.6 Å². The largest absolute Gasteiger partial charge is 0.445 e. The maximum absolute atomic E-state index is 12.5. The molecule has 0 aromatic carbocycles. The number of rotatable bonds is 2. The van der Waals surface area contributed by atoms with Crippen molar-refractivity contribution in [2.75, 3.05) is 13.1 Å². The lowest BCUT2D eigenvalue weighted by molar-refractivity contribution is -0.142. The Kier molecular flexibility index (Phi) is 2.46. The van der Waals surface area contributed by atoms with Crippen LogP contribution in [0.5, 0.6) is 0 Å². The maximum Gasteiger partial charge on any atom is 0.436 e. The van der Waals surface area contributed by atoms with Crippen molar-refractivity contribution in [3.63, 3.8) is 0 Å². The number of hydrogen-bond donors (Lipinski definition) is 1. The van der Waals surface area contributed by atoms with Crippen molar-refractivity contribution in [3.8, 4) is 0 Å². The molecular weight excluding hydrogens is 209 g/mol. The first-order chi connectivity index (χ1) is 7.02. The van der Waals surface area contributed by atoms with Crippen LogP contribution in [-0.2, 0) is 12.6 Å². The van der Waals surface area contributed by atoms with Gasteiger partial charge in [-0.3, -0.25) is 0 Å². The van der Waals surface area contributed by atoms with E-state index in [2.05, 4.69) is 10.3 Å². The van der Waals surface area contributed by atoms with Crippen LogP contribution in [0.15, 0.2) is 4.42 Å². The third-order valence-electron chi connectivity index (χ3n) is 2.43. The summed E-state index contributed by atoms with van der Waals surface area (Å²) in [6.45, 7) is 2.90. The predicted octanol–water partition coefficient (Wildman–Crippen LogP) is 1.94. The second-order valence-corrected chi connectivity index (χ2v) is 3.53. The zero-order valence-corrected chi connectivity index (χ0v) is 8.19. The molecule has 2 heterocycles. The van der Waals surface area contributed by atoms with E-state index in [0.29, 0.717) is 13.1 Å². The third kappa shape index (κ3) is 1.86. The molecule has 0 spiro atoms. The topological polar surface area (TPSA) is 38.1 Å². The highest BCUT2D eigenvalue weighted by Crippen LogP contribution is 2.34. The minimum atomic E-state index is -4.41. The lowest BCUT2D eigenvalue weighted by Crippen LogP contribution is -2.40.